The Balaban J connectivity index is 1.01. The largest absolute Gasteiger partial charge is 0.496 e. The fourth-order valence-corrected chi connectivity index (χ4v) is 8.79. The van der Waals surface area contributed by atoms with Crippen LogP contribution in [0.25, 0.3) is 11.1 Å². The van der Waals surface area contributed by atoms with Gasteiger partial charge in [0, 0.05) is 31.1 Å². The van der Waals surface area contributed by atoms with E-state index in [1.54, 1.807) is 7.11 Å². The average Bonchev–Trinajstić information content (AvgIpc) is 3.77. The van der Waals surface area contributed by atoms with Crippen molar-refractivity contribution in [3.63, 3.8) is 0 Å². The van der Waals surface area contributed by atoms with Gasteiger partial charge in [-0.2, -0.15) is 0 Å². The maximum absolute atomic E-state index is 13.6. The molecule has 1 amide bonds. The minimum absolute atomic E-state index is 0.0192. The lowest BCUT2D eigenvalue weighted by Gasteiger charge is -2.62. The first-order chi connectivity index (χ1) is 21.3. The molecule has 2 heterocycles. The first kappa shape index (κ1) is 27.8. The molecule has 0 aromatic heterocycles. The van der Waals surface area contributed by atoms with Gasteiger partial charge in [-0.1, -0.05) is 36.4 Å². The van der Waals surface area contributed by atoms with Crippen molar-refractivity contribution < 1.29 is 24.2 Å². The molecule has 3 fully saturated rings. The summed E-state index contributed by atoms with van der Waals surface area (Å²) < 4.78 is 11.9. The van der Waals surface area contributed by atoms with E-state index in [0.717, 1.165) is 64.6 Å². The second-order valence-electron chi connectivity index (χ2n) is 13.6. The van der Waals surface area contributed by atoms with Gasteiger partial charge in [0.2, 0.25) is 0 Å². The number of aryl methyl sites for hydroxylation is 1. The van der Waals surface area contributed by atoms with Crippen LogP contribution < -0.4 is 14.8 Å². The predicted octanol–water partition coefficient (Wildman–Crippen LogP) is 4.78. The van der Waals surface area contributed by atoms with Gasteiger partial charge in [0.15, 0.2) is 11.9 Å². The molecule has 2 N–H and O–H groups in total. The molecule has 1 spiro atoms. The molecule has 1 unspecified atom stereocenters. The molecule has 2 bridgehead atoms. The smallest absolute Gasteiger partial charge is 0.255 e. The van der Waals surface area contributed by atoms with E-state index in [1.807, 2.05) is 25.1 Å². The Morgan fingerprint density at radius 3 is 2.64 bits per heavy atom. The van der Waals surface area contributed by atoms with E-state index in [0.29, 0.717) is 43.5 Å². The van der Waals surface area contributed by atoms with Crippen molar-refractivity contribution in [2.24, 2.45) is 5.92 Å². The number of nitrogens with zero attached hydrogens (tertiary/aromatic N) is 1. The molecule has 0 radical (unpaired) electrons. The highest BCUT2D eigenvalue weighted by molar-refractivity contribution is 5.99. The summed E-state index contributed by atoms with van der Waals surface area (Å²) in [4.78, 5) is 29.4. The molecule has 1 saturated heterocycles. The Hall–Kier alpha value is -3.68. The second-order valence-corrected chi connectivity index (χ2v) is 13.6. The molecule has 7 nitrogen and oxygen atoms in total. The molecule has 2 aliphatic heterocycles. The zero-order chi connectivity index (χ0) is 30.2. The van der Waals surface area contributed by atoms with E-state index in [-0.39, 0.29) is 17.7 Å². The third kappa shape index (κ3) is 4.08. The number of ketones is 1. The molecule has 8 rings (SSSR count). The van der Waals surface area contributed by atoms with Gasteiger partial charge >= 0.3 is 0 Å². The molecule has 44 heavy (non-hydrogen) atoms. The number of benzene rings is 3. The number of amides is 1. The summed E-state index contributed by atoms with van der Waals surface area (Å²) in [6.45, 7) is 4.39. The van der Waals surface area contributed by atoms with E-state index in [9.17, 15) is 14.7 Å². The van der Waals surface area contributed by atoms with Crippen LogP contribution in [0, 0.1) is 12.8 Å². The summed E-state index contributed by atoms with van der Waals surface area (Å²) in [6.07, 6.45) is 4.70. The SMILES string of the molecule is COc1ccc(-c2ccc(CCNC(=O)c3ccc4c5c3O[C@H]3C(=O)CCC6(O)[C@@H](C4)N(CC4CC4)CC[C@]536)cc2)cc1C. The Kier molecular flexibility index (Phi) is 6.44. The van der Waals surface area contributed by atoms with Crippen LogP contribution in [0.5, 0.6) is 11.5 Å². The van der Waals surface area contributed by atoms with Gasteiger partial charge < -0.3 is 19.9 Å². The molecule has 228 valence electrons. The van der Waals surface area contributed by atoms with Gasteiger partial charge in [-0.25, -0.2) is 0 Å². The number of ether oxygens (including phenoxy) is 2. The zero-order valence-corrected chi connectivity index (χ0v) is 25.5. The van der Waals surface area contributed by atoms with Crippen LogP contribution in [0.15, 0.2) is 54.6 Å². The van der Waals surface area contributed by atoms with Crippen molar-refractivity contribution in [3.05, 3.63) is 82.4 Å². The van der Waals surface area contributed by atoms with Gasteiger partial charge in [-0.3, -0.25) is 14.5 Å². The van der Waals surface area contributed by atoms with Crippen LogP contribution in [0.3, 0.4) is 0 Å². The van der Waals surface area contributed by atoms with Crippen LogP contribution in [0.2, 0.25) is 0 Å². The molecule has 4 atom stereocenters. The topological polar surface area (TPSA) is 88.1 Å². The summed E-state index contributed by atoms with van der Waals surface area (Å²) >= 11 is 0. The van der Waals surface area contributed by atoms with Crippen molar-refractivity contribution in [1.29, 1.82) is 0 Å². The van der Waals surface area contributed by atoms with E-state index in [2.05, 4.69) is 46.6 Å². The normalized spacial score (nSPS) is 28.3. The number of Topliss-reactive ketones (excluding diaryl/α,β-unsaturated/α-hetero) is 1. The highest BCUT2D eigenvalue weighted by Crippen LogP contribution is 2.64. The molecule has 2 saturated carbocycles. The monoisotopic (exact) mass is 592 g/mol. The Bertz CT molecular complexity index is 1660. The van der Waals surface area contributed by atoms with Crippen LogP contribution in [0.4, 0.5) is 0 Å². The third-order valence-electron chi connectivity index (χ3n) is 11.2. The van der Waals surface area contributed by atoms with Crippen LogP contribution >= 0.6 is 0 Å². The third-order valence-corrected chi connectivity index (χ3v) is 11.2. The molecule has 5 aliphatic rings. The van der Waals surface area contributed by atoms with Gasteiger partial charge in [0.25, 0.3) is 5.91 Å². The van der Waals surface area contributed by atoms with Gasteiger partial charge in [-0.15, -0.1) is 0 Å². The number of carbonyl (C=O) groups is 2. The minimum Gasteiger partial charge on any atom is -0.496 e. The molecule has 3 aromatic rings. The number of nitrogens with one attached hydrogen (secondary N) is 1. The zero-order valence-electron chi connectivity index (χ0n) is 25.5. The second kappa shape index (κ2) is 10.2. The first-order valence-corrected chi connectivity index (χ1v) is 16.2. The van der Waals surface area contributed by atoms with Gasteiger partial charge in [-0.05, 0) is 104 Å². The molecular weight excluding hydrogens is 552 g/mol. The van der Waals surface area contributed by atoms with Crippen molar-refractivity contribution in [1.82, 2.24) is 10.2 Å². The van der Waals surface area contributed by atoms with E-state index in [4.69, 9.17) is 9.47 Å². The van der Waals surface area contributed by atoms with Gasteiger partial charge in [0.05, 0.1) is 23.7 Å². The van der Waals surface area contributed by atoms with Crippen molar-refractivity contribution in [2.45, 2.75) is 75.0 Å². The highest BCUT2D eigenvalue weighted by atomic mass is 16.5. The lowest BCUT2D eigenvalue weighted by atomic mass is 9.49. The Morgan fingerprint density at radius 2 is 1.89 bits per heavy atom. The highest BCUT2D eigenvalue weighted by Gasteiger charge is 2.73. The molecule has 3 aromatic carbocycles. The number of aliphatic hydroxyl groups is 1. The van der Waals surface area contributed by atoms with Crippen LogP contribution in [-0.2, 0) is 23.1 Å². The predicted molar refractivity (Wildman–Crippen MR) is 167 cm³/mol. The lowest BCUT2D eigenvalue weighted by Crippen LogP contribution is -2.76. The maximum atomic E-state index is 13.6. The Morgan fingerprint density at radius 1 is 1.09 bits per heavy atom. The summed E-state index contributed by atoms with van der Waals surface area (Å²) in [6, 6.07) is 18.5. The summed E-state index contributed by atoms with van der Waals surface area (Å²) in [5, 5.41) is 15.6. The minimum atomic E-state index is -1.03. The number of methoxy groups -OCH3 is 1. The van der Waals surface area contributed by atoms with E-state index < -0.39 is 17.1 Å². The van der Waals surface area contributed by atoms with Gasteiger partial charge in [0.1, 0.15) is 11.5 Å². The van der Waals surface area contributed by atoms with E-state index in [1.165, 1.54) is 12.8 Å². The van der Waals surface area contributed by atoms with Crippen LogP contribution in [0.1, 0.15) is 64.7 Å². The average molecular weight is 593 g/mol. The number of piperidine rings is 1. The van der Waals surface area contributed by atoms with Crippen LogP contribution in [-0.4, -0.2) is 66.2 Å². The number of carbonyl (C=O) groups excluding carboxylic acids is 2. The van der Waals surface area contributed by atoms with Crippen molar-refractivity contribution >= 4 is 11.7 Å². The number of likely N-dealkylation sites (tertiary alicyclic amines) is 1. The first-order valence-electron chi connectivity index (χ1n) is 16.2. The molecular formula is C37H40N2O5. The maximum Gasteiger partial charge on any atom is 0.255 e. The fourth-order valence-electron chi connectivity index (χ4n) is 8.79. The molecule has 3 aliphatic carbocycles. The number of hydrogen-bond acceptors (Lipinski definition) is 6. The quantitative estimate of drug-likeness (QED) is 0.392. The summed E-state index contributed by atoms with van der Waals surface area (Å²) in [5.41, 5.74) is 5.22. The standard InChI is InChI=1S/C37H40N2O5/c1-22-19-26(10-12-30(22)43-2)25-7-5-23(6-8-25)14-17-38-35(41)28-11-9-27-20-31-37(42)15-13-29(40)34-36(37,32(27)33(28)44-34)16-18-39(31)21-24-3-4-24/h5-12,19,24,31,34,42H,3-4,13-18,20-21H2,1-2H3,(H,38,41)/t31-,34+,36+,37?/m1/s1. The lowest BCUT2D eigenvalue weighted by molar-refractivity contribution is -0.188. The fraction of sp³-hybridized carbons (Fsp3) is 0.459. The van der Waals surface area contributed by atoms with Crippen molar-refractivity contribution in [3.8, 4) is 22.6 Å². The number of hydrogen-bond donors (Lipinski definition) is 2. The summed E-state index contributed by atoms with van der Waals surface area (Å²) in [7, 11) is 1.68. The Labute approximate surface area is 258 Å². The summed E-state index contributed by atoms with van der Waals surface area (Å²) in [5.74, 6) is 1.97. The number of rotatable bonds is 8. The van der Waals surface area contributed by atoms with Crippen molar-refractivity contribution in [2.75, 3.05) is 26.7 Å². The molecule has 7 heteroatoms. The van der Waals surface area contributed by atoms with E-state index >= 15 is 0 Å².